The molecule has 0 saturated carbocycles. The topological polar surface area (TPSA) is 58.6 Å². The molecule has 0 spiro atoms. The van der Waals surface area contributed by atoms with Crippen molar-refractivity contribution in [2.24, 2.45) is 5.92 Å². The van der Waals surface area contributed by atoms with Crippen molar-refractivity contribution in [3.8, 4) is 0 Å². The number of aliphatic hydroxyl groups is 1. The Balaban J connectivity index is 2.32. The van der Waals surface area contributed by atoms with E-state index in [2.05, 4.69) is 5.32 Å². The molecule has 1 atom stereocenters. The zero-order valence-electron chi connectivity index (χ0n) is 9.11. The summed E-state index contributed by atoms with van der Waals surface area (Å²) in [5.41, 5.74) is 0. The van der Waals surface area contributed by atoms with Crippen LogP contribution in [0.5, 0.6) is 0 Å². The van der Waals surface area contributed by atoms with Crippen LogP contribution >= 0.6 is 0 Å². The molecule has 1 unspecified atom stereocenters. The first kappa shape index (κ1) is 12.2. The largest absolute Gasteiger partial charge is 0.396 e. The van der Waals surface area contributed by atoms with Crippen LogP contribution in [0.1, 0.15) is 19.3 Å². The zero-order valence-corrected chi connectivity index (χ0v) is 9.11. The molecule has 0 aromatic carbocycles. The van der Waals surface area contributed by atoms with E-state index < -0.39 is 0 Å². The average molecular weight is 213 g/mol. The molecule has 0 aliphatic heterocycles. The van der Waals surface area contributed by atoms with Gasteiger partial charge in [0.1, 0.15) is 0 Å². The Hall–Kier alpha value is -0.870. The van der Waals surface area contributed by atoms with Gasteiger partial charge in [-0.05, 0) is 19.3 Å². The maximum atomic E-state index is 11.7. The summed E-state index contributed by atoms with van der Waals surface area (Å²) in [5, 5.41) is 11.7. The second-order valence-electron chi connectivity index (χ2n) is 3.81. The lowest BCUT2D eigenvalue weighted by atomic mass is 10.1. The third-order valence-corrected chi connectivity index (χ3v) is 2.57. The van der Waals surface area contributed by atoms with Gasteiger partial charge < -0.3 is 15.2 Å². The van der Waals surface area contributed by atoms with E-state index in [1.165, 1.54) is 0 Å². The summed E-state index contributed by atoms with van der Waals surface area (Å²) in [5.74, 6) is 0.138. The number of hydrogen-bond donors (Lipinski definition) is 2. The molecular weight excluding hydrogens is 194 g/mol. The van der Waals surface area contributed by atoms with Crippen molar-refractivity contribution in [3.05, 3.63) is 12.2 Å². The number of ether oxygens (including phenoxy) is 1. The van der Waals surface area contributed by atoms with Gasteiger partial charge in [0.05, 0.1) is 12.6 Å². The molecule has 0 fully saturated rings. The number of aliphatic hydroxyl groups excluding tert-OH is 1. The molecule has 0 radical (unpaired) electrons. The van der Waals surface area contributed by atoms with Gasteiger partial charge in [-0.15, -0.1) is 0 Å². The predicted molar refractivity (Wildman–Crippen MR) is 57.4 cm³/mol. The molecular formula is C11H19NO3. The van der Waals surface area contributed by atoms with Gasteiger partial charge in [0.2, 0.25) is 5.91 Å². The fraction of sp³-hybridized carbons (Fsp3) is 0.727. The molecule has 4 heteroatoms. The Morgan fingerprint density at radius 2 is 2.27 bits per heavy atom. The van der Waals surface area contributed by atoms with E-state index in [1.54, 1.807) is 7.11 Å². The summed E-state index contributed by atoms with van der Waals surface area (Å²) < 4.78 is 4.98. The lowest BCUT2D eigenvalue weighted by Gasteiger charge is -2.19. The van der Waals surface area contributed by atoms with Gasteiger partial charge in [-0.1, -0.05) is 12.2 Å². The van der Waals surface area contributed by atoms with Gasteiger partial charge in [-0.25, -0.2) is 0 Å². The van der Waals surface area contributed by atoms with Crippen molar-refractivity contribution in [2.75, 3.05) is 20.3 Å². The number of methoxy groups -OCH3 is 1. The van der Waals surface area contributed by atoms with Gasteiger partial charge in [-0.3, -0.25) is 4.79 Å². The molecule has 0 bridgehead atoms. The van der Waals surface area contributed by atoms with E-state index in [9.17, 15) is 4.79 Å². The number of carbonyl (C=O) groups is 1. The van der Waals surface area contributed by atoms with Crippen molar-refractivity contribution >= 4 is 5.91 Å². The van der Waals surface area contributed by atoms with Crippen LogP contribution in [0.2, 0.25) is 0 Å². The molecule has 86 valence electrons. The summed E-state index contributed by atoms with van der Waals surface area (Å²) in [6.07, 6.45) is 6.25. The minimum atomic E-state index is -0.0758. The highest BCUT2D eigenvalue weighted by Crippen LogP contribution is 2.17. The van der Waals surface area contributed by atoms with Crippen LogP contribution in [-0.4, -0.2) is 37.4 Å². The number of amides is 1. The highest BCUT2D eigenvalue weighted by atomic mass is 16.5. The second kappa shape index (κ2) is 6.58. The third-order valence-electron chi connectivity index (χ3n) is 2.57. The van der Waals surface area contributed by atoms with Gasteiger partial charge in [0.25, 0.3) is 0 Å². The predicted octanol–water partition coefficient (Wildman–Crippen LogP) is 0.466. The highest BCUT2D eigenvalue weighted by Gasteiger charge is 2.21. The fourth-order valence-electron chi connectivity index (χ4n) is 1.70. The molecule has 1 rings (SSSR count). The first-order valence-corrected chi connectivity index (χ1v) is 5.33. The van der Waals surface area contributed by atoms with Crippen LogP contribution in [0, 0.1) is 5.92 Å². The highest BCUT2D eigenvalue weighted by molar-refractivity contribution is 5.79. The molecule has 1 aliphatic rings. The summed E-state index contributed by atoms with van der Waals surface area (Å²) in [7, 11) is 1.59. The van der Waals surface area contributed by atoms with E-state index in [0.29, 0.717) is 13.0 Å². The summed E-state index contributed by atoms with van der Waals surface area (Å²) >= 11 is 0. The van der Waals surface area contributed by atoms with Crippen LogP contribution in [-0.2, 0) is 9.53 Å². The second-order valence-corrected chi connectivity index (χ2v) is 3.81. The Morgan fingerprint density at radius 1 is 1.60 bits per heavy atom. The normalized spacial score (nSPS) is 18.0. The SMILES string of the molecule is COCC(CCO)NC(=O)C1CC=CC1. The smallest absolute Gasteiger partial charge is 0.224 e. The van der Waals surface area contributed by atoms with Gasteiger partial charge >= 0.3 is 0 Å². The standard InChI is InChI=1S/C11H19NO3/c1-15-8-10(6-7-13)12-11(14)9-4-2-3-5-9/h2-3,9-10,13H,4-8H2,1H3,(H,12,14). The third kappa shape index (κ3) is 4.01. The minimum Gasteiger partial charge on any atom is -0.396 e. The Morgan fingerprint density at radius 3 is 2.80 bits per heavy atom. The number of hydrogen-bond acceptors (Lipinski definition) is 3. The van der Waals surface area contributed by atoms with E-state index in [0.717, 1.165) is 12.8 Å². The quantitative estimate of drug-likeness (QED) is 0.630. The fourth-order valence-corrected chi connectivity index (χ4v) is 1.70. The summed E-state index contributed by atoms with van der Waals surface area (Å²) in [6, 6.07) is -0.0758. The lowest BCUT2D eigenvalue weighted by Crippen LogP contribution is -2.41. The van der Waals surface area contributed by atoms with Crippen LogP contribution in [0.25, 0.3) is 0 Å². The molecule has 2 N–H and O–H groups in total. The first-order valence-electron chi connectivity index (χ1n) is 5.33. The molecule has 15 heavy (non-hydrogen) atoms. The van der Waals surface area contributed by atoms with Crippen LogP contribution < -0.4 is 5.32 Å². The Bertz CT molecular complexity index is 214. The van der Waals surface area contributed by atoms with E-state index in [4.69, 9.17) is 9.84 Å². The van der Waals surface area contributed by atoms with Gasteiger partial charge in [0.15, 0.2) is 0 Å². The number of rotatable bonds is 6. The average Bonchev–Trinajstić information content (AvgIpc) is 2.71. The molecule has 0 heterocycles. The van der Waals surface area contributed by atoms with E-state index in [1.807, 2.05) is 12.2 Å². The van der Waals surface area contributed by atoms with Crippen LogP contribution in [0.4, 0.5) is 0 Å². The van der Waals surface area contributed by atoms with Gasteiger partial charge in [0, 0.05) is 19.6 Å². The Kier molecular flexibility index (Phi) is 5.36. The van der Waals surface area contributed by atoms with Crippen molar-refractivity contribution in [2.45, 2.75) is 25.3 Å². The number of nitrogens with one attached hydrogen (secondary N) is 1. The molecule has 4 nitrogen and oxygen atoms in total. The van der Waals surface area contributed by atoms with Crippen molar-refractivity contribution in [1.29, 1.82) is 0 Å². The van der Waals surface area contributed by atoms with Crippen molar-refractivity contribution in [3.63, 3.8) is 0 Å². The van der Waals surface area contributed by atoms with Crippen LogP contribution in [0.15, 0.2) is 12.2 Å². The molecule has 0 aromatic heterocycles. The summed E-state index contributed by atoms with van der Waals surface area (Å²) in [4.78, 5) is 11.7. The van der Waals surface area contributed by atoms with Gasteiger partial charge in [-0.2, -0.15) is 0 Å². The minimum absolute atomic E-state index is 0.0653. The number of allylic oxidation sites excluding steroid dienone is 2. The summed E-state index contributed by atoms with van der Waals surface area (Å²) in [6.45, 7) is 0.518. The number of carbonyl (C=O) groups excluding carboxylic acids is 1. The van der Waals surface area contributed by atoms with Crippen LogP contribution in [0.3, 0.4) is 0 Å². The lowest BCUT2D eigenvalue weighted by molar-refractivity contribution is -0.125. The Labute approximate surface area is 90.3 Å². The molecule has 0 saturated heterocycles. The monoisotopic (exact) mass is 213 g/mol. The van der Waals surface area contributed by atoms with Crippen molar-refractivity contribution in [1.82, 2.24) is 5.32 Å². The maximum absolute atomic E-state index is 11.7. The molecule has 1 amide bonds. The zero-order chi connectivity index (χ0) is 11.1. The first-order chi connectivity index (χ1) is 7.27. The molecule has 0 aromatic rings. The van der Waals surface area contributed by atoms with Crippen molar-refractivity contribution < 1.29 is 14.6 Å². The maximum Gasteiger partial charge on any atom is 0.224 e. The molecule has 1 aliphatic carbocycles. The van der Waals surface area contributed by atoms with E-state index >= 15 is 0 Å². The van der Waals surface area contributed by atoms with E-state index in [-0.39, 0.29) is 24.5 Å².